The third-order valence-corrected chi connectivity index (χ3v) is 6.47. The Bertz CT molecular complexity index is 791. The van der Waals surface area contributed by atoms with Crippen LogP contribution in [0.1, 0.15) is 37.8 Å². The lowest BCUT2D eigenvalue weighted by Crippen LogP contribution is -2.48. The molecule has 0 saturated heterocycles. The minimum Gasteiger partial charge on any atom is -0.354 e. The van der Waals surface area contributed by atoms with E-state index in [4.69, 9.17) is 4.99 Å². The van der Waals surface area contributed by atoms with Crippen molar-refractivity contribution in [3.8, 4) is 0 Å². The van der Waals surface area contributed by atoms with Crippen molar-refractivity contribution in [1.82, 2.24) is 20.3 Å². The van der Waals surface area contributed by atoms with Gasteiger partial charge in [0.1, 0.15) is 0 Å². The quantitative estimate of drug-likeness (QED) is 0.842. The monoisotopic (exact) mass is 328 g/mol. The van der Waals surface area contributed by atoms with Crippen LogP contribution in [-0.4, -0.2) is 33.0 Å². The van der Waals surface area contributed by atoms with Crippen LogP contribution in [0.4, 0.5) is 5.13 Å². The Hall–Kier alpha value is -1.76. The molecule has 23 heavy (non-hydrogen) atoms. The Labute approximate surface area is 138 Å². The Morgan fingerprint density at radius 3 is 2.91 bits per heavy atom. The lowest BCUT2D eigenvalue weighted by molar-refractivity contribution is 0.0808. The smallest absolute Gasteiger partial charge is 0.198 e. The molecule has 120 valence electrons. The van der Waals surface area contributed by atoms with E-state index in [1.165, 1.54) is 43.4 Å². The van der Waals surface area contributed by atoms with Crippen LogP contribution in [0, 0.1) is 18.8 Å². The maximum Gasteiger partial charge on any atom is 0.198 e. The minimum absolute atomic E-state index is 0.132. The summed E-state index contributed by atoms with van der Waals surface area (Å²) in [4.78, 5) is 19.3. The van der Waals surface area contributed by atoms with Gasteiger partial charge in [-0.25, -0.2) is 15.0 Å². The van der Waals surface area contributed by atoms with E-state index in [9.17, 15) is 0 Å². The highest BCUT2D eigenvalue weighted by molar-refractivity contribution is 7.21. The minimum atomic E-state index is 0.132. The molecule has 2 aromatic rings. The van der Waals surface area contributed by atoms with Crippen LogP contribution in [0.5, 0.6) is 0 Å². The molecular formula is C16H20N6S. The number of hydrogen-bond donors (Lipinski definition) is 2. The predicted molar refractivity (Wildman–Crippen MR) is 91.8 cm³/mol. The standard InChI is InChI=1S/C16H20N6S/c1-9-7-17-12-13(19-9)23-15(20-12)21-14-18-8-16(22-14)6-10-2-4-11(16)5-3-10/h7,10-11H,2-6,8H2,1H3,(H2,17,18,20,21,22)/t10?,11?,16-/m0/s1. The second kappa shape index (κ2) is 4.87. The molecule has 3 heterocycles. The first kappa shape index (κ1) is 13.7. The number of hydrogen-bond acceptors (Lipinski definition) is 7. The van der Waals surface area contributed by atoms with Crippen LogP contribution in [0.25, 0.3) is 10.5 Å². The molecule has 3 fully saturated rings. The second-order valence-corrected chi connectivity index (χ2v) is 8.10. The summed E-state index contributed by atoms with van der Waals surface area (Å²) in [5, 5.41) is 7.63. The average molecular weight is 328 g/mol. The van der Waals surface area contributed by atoms with Crippen LogP contribution in [0.3, 0.4) is 0 Å². The maximum absolute atomic E-state index is 5.07. The van der Waals surface area contributed by atoms with Crippen LogP contribution in [0.2, 0.25) is 0 Å². The van der Waals surface area contributed by atoms with Gasteiger partial charge in [0.2, 0.25) is 0 Å². The second-order valence-electron chi connectivity index (χ2n) is 7.12. The van der Waals surface area contributed by atoms with Crippen LogP contribution < -0.4 is 10.6 Å². The molecule has 2 bridgehead atoms. The molecule has 0 unspecified atom stereocenters. The molecule has 2 N–H and O–H groups in total. The number of aromatic nitrogens is 3. The van der Waals surface area contributed by atoms with Gasteiger partial charge in [0.05, 0.1) is 17.4 Å². The summed E-state index contributed by atoms with van der Waals surface area (Å²) in [6.45, 7) is 2.92. The normalized spacial score (nSPS) is 32.3. The number of rotatable bonds is 1. The zero-order chi connectivity index (χ0) is 15.4. The highest BCUT2D eigenvalue weighted by Crippen LogP contribution is 2.50. The van der Waals surface area contributed by atoms with E-state index in [-0.39, 0.29) is 5.54 Å². The molecular weight excluding hydrogens is 308 g/mol. The van der Waals surface area contributed by atoms with Gasteiger partial charge in [0.25, 0.3) is 0 Å². The van der Waals surface area contributed by atoms with Crippen molar-refractivity contribution >= 4 is 32.9 Å². The van der Waals surface area contributed by atoms with Gasteiger partial charge in [-0.05, 0) is 38.0 Å². The van der Waals surface area contributed by atoms with E-state index >= 15 is 0 Å². The van der Waals surface area contributed by atoms with E-state index in [0.29, 0.717) is 5.65 Å². The fourth-order valence-corrected chi connectivity index (χ4v) is 5.34. The third-order valence-electron chi connectivity index (χ3n) is 5.61. The summed E-state index contributed by atoms with van der Waals surface area (Å²) in [5.74, 6) is 2.50. The number of fused-ring (bicyclic) bond motifs is 3. The first-order valence-corrected chi connectivity index (χ1v) is 9.23. The van der Waals surface area contributed by atoms with Gasteiger partial charge in [-0.1, -0.05) is 24.2 Å². The summed E-state index contributed by atoms with van der Waals surface area (Å²) >= 11 is 1.53. The summed E-state index contributed by atoms with van der Waals surface area (Å²) in [6, 6.07) is 0. The highest BCUT2D eigenvalue weighted by atomic mass is 32.1. The Kier molecular flexibility index (Phi) is 2.89. The average Bonchev–Trinajstić information content (AvgIpc) is 3.12. The molecule has 3 saturated carbocycles. The van der Waals surface area contributed by atoms with Crippen LogP contribution in [0.15, 0.2) is 11.2 Å². The van der Waals surface area contributed by atoms with Crippen molar-refractivity contribution in [3.05, 3.63) is 11.9 Å². The Morgan fingerprint density at radius 1 is 1.26 bits per heavy atom. The van der Waals surface area contributed by atoms with Crippen molar-refractivity contribution in [3.63, 3.8) is 0 Å². The topological polar surface area (TPSA) is 75.1 Å². The highest BCUT2D eigenvalue weighted by Gasteiger charge is 2.49. The summed E-state index contributed by atoms with van der Waals surface area (Å²) in [7, 11) is 0. The van der Waals surface area contributed by atoms with Crippen molar-refractivity contribution in [1.29, 1.82) is 0 Å². The van der Waals surface area contributed by atoms with Crippen LogP contribution in [-0.2, 0) is 0 Å². The molecule has 0 amide bonds. The predicted octanol–water partition coefficient (Wildman–Crippen LogP) is 2.71. The molecule has 0 aromatic carbocycles. The van der Waals surface area contributed by atoms with E-state index < -0.39 is 0 Å². The Morgan fingerprint density at radius 2 is 2.13 bits per heavy atom. The molecule has 1 aliphatic heterocycles. The van der Waals surface area contributed by atoms with Gasteiger partial charge >= 0.3 is 0 Å². The lowest BCUT2D eigenvalue weighted by atomic mass is 9.61. The zero-order valence-corrected chi connectivity index (χ0v) is 14.0. The third kappa shape index (κ3) is 2.21. The molecule has 4 aliphatic rings. The number of guanidine groups is 1. The van der Waals surface area contributed by atoms with Crippen LogP contribution >= 0.6 is 11.3 Å². The van der Waals surface area contributed by atoms with E-state index in [1.54, 1.807) is 6.20 Å². The van der Waals surface area contributed by atoms with Gasteiger partial charge in [0.15, 0.2) is 21.6 Å². The number of thiazole rings is 1. The van der Waals surface area contributed by atoms with Gasteiger partial charge in [0, 0.05) is 6.54 Å². The van der Waals surface area contributed by atoms with Crippen molar-refractivity contribution in [2.24, 2.45) is 16.8 Å². The van der Waals surface area contributed by atoms with Crippen molar-refractivity contribution in [2.45, 2.75) is 44.6 Å². The lowest BCUT2D eigenvalue weighted by Gasteiger charge is -2.47. The first-order chi connectivity index (χ1) is 11.2. The van der Waals surface area contributed by atoms with Crippen molar-refractivity contribution < 1.29 is 0 Å². The van der Waals surface area contributed by atoms with Gasteiger partial charge in [-0.3, -0.25) is 0 Å². The molecule has 7 heteroatoms. The number of aryl methyl sites for hydroxylation is 1. The fraction of sp³-hybridized carbons (Fsp3) is 0.625. The molecule has 6 nitrogen and oxygen atoms in total. The largest absolute Gasteiger partial charge is 0.354 e. The molecule has 1 atom stereocenters. The number of nitrogens with zero attached hydrogens (tertiary/aromatic N) is 4. The number of nitrogens with one attached hydrogen (secondary N) is 2. The van der Waals surface area contributed by atoms with E-state index in [0.717, 1.165) is 40.0 Å². The number of anilines is 1. The van der Waals surface area contributed by atoms with E-state index in [2.05, 4.69) is 25.6 Å². The van der Waals surface area contributed by atoms with Gasteiger partial charge < -0.3 is 10.6 Å². The molecule has 6 rings (SSSR count). The maximum atomic E-state index is 5.07. The molecule has 3 aliphatic carbocycles. The summed E-state index contributed by atoms with van der Waals surface area (Å²) in [6.07, 6.45) is 8.50. The number of aliphatic imine (C=N–C) groups is 1. The SMILES string of the molecule is Cc1cnc2nc(NC3=N[C@]4(CN3)CC3CCC4CC3)sc2n1. The zero-order valence-electron chi connectivity index (χ0n) is 13.2. The molecule has 2 aromatic heterocycles. The van der Waals surface area contributed by atoms with Gasteiger partial charge in [-0.2, -0.15) is 4.98 Å². The molecule has 1 spiro atoms. The first-order valence-electron chi connectivity index (χ1n) is 8.41. The fourth-order valence-electron chi connectivity index (χ4n) is 4.49. The summed E-state index contributed by atoms with van der Waals surface area (Å²) < 4.78 is 0. The Balaban J connectivity index is 1.40. The van der Waals surface area contributed by atoms with Gasteiger partial charge in [-0.15, -0.1) is 0 Å². The van der Waals surface area contributed by atoms with E-state index in [1.807, 2.05) is 6.92 Å². The molecule has 0 radical (unpaired) electrons. The van der Waals surface area contributed by atoms with Crippen molar-refractivity contribution in [2.75, 3.05) is 11.9 Å². The summed E-state index contributed by atoms with van der Waals surface area (Å²) in [5.41, 5.74) is 1.75.